The van der Waals surface area contributed by atoms with Crippen molar-refractivity contribution in [2.45, 2.75) is 18.4 Å². The van der Waals surface area contributed by atoms with E-state index in [4.69, 9.17) is 0 Å². The van der Waals surface area contributed by atoms with Gasteiger partial charge in [0.25, 0.3) is 15.9 Å². The third-order valence-electron chi connectivity index (χ3n) is 5.45. The highest BCUT2D eigenvalue weighted by Crippen LogP contribution is 2.23. The molecular weight excluding hydrogens is 470 g/mol. The van der Waals surface area contributed by atoms with Gasteiger partial charge in [-0.25, -0.2) is 18.1 Å². The van der Waals surface area contributed by atoms with E-state index in [0.29, 0.717) is 17.9 Å². The van der Waals surface area contributed by atoms with Crippen molar-refractivity contribution < 1.29 is 13.2 Å². The lowest BCUT2D eigenvalue weighted by Crippen LogP contribution is -2.30. The first-order valence-corrected chi connectivity index (χ1v) is 12.7. The van der Waals surface area contributed by atoms with Crippen LogP contribution in [-0.2, 0) is 16.6 Å². The van der Waals surface area contributed by atoms with Gasteiger partial charge < -0.3 is 4.57 Å². The van der Waals surface area contributed by atoms with E-state index < -0.39 is 15.9 Å². The number of imidazole rings is 1. The molecule has 3 aromatic carbocycles. The number of rotatable bonds is 6. The highest BCUT2D eigenvalue weighted by Gasteiger charge is 2.22. The minimum atomic E-state index is -3.99. The number of carbonyl (C=O) groups excluding carboxylic acids is 1. The maximum absolute atomic E-state index is 12.9. The minimum Gasteiger partial charge on any atom is -0.324 e. The first-order valence-electron chi connectivity index (χ1n) is 10.4. The number of hydrogen-bond acceptors (Lipinski definition) is 7. The zero-order chi connectivity index (χ0) is 23.7. The number of aryl methyl sites for hydroxylation is 1. The van der Waals surface area contributed by atoms with Crippen LogP contribution in [0.2, 0.25) is 0 Å². The molecule has 2 heterocycles. The van der Waals surface area contributed by atoms with Crippen molar-refractivity contribution in [2.24, 2.45) is 0 Å². The quantitative estimate of drug-likeness (QED) is 0.386. The van der Waals surface area contributed by atoms with Crippen molar-refractivity contribution in [1.82, 2.24) is 23.9 Å². The summed E-state index contributed by atoms with van der Waals surface area (Å²) in [7, 11) is -3.99. The minimum absolute atomic E-state index is 0.0223. The molecule has 8 nitrogen and oxygen atoms in total. The predicted molar refractivity (Wildman–Crippen MR) is 130 cm³/mol. The molecule has 5 aromatic rings. The van der Waals surface area contributed by atoms with Gasteiger partial charge in [0.15, 0.2) is 0 Å². The summed E-state index contributed by atoms with van der Waals surface area (Å²) in [5.41, 5.74) is 4.27. The van der Waals surface area contributed by atoms with E-state index in [9.17, 15) is 13.2 Å². The molecule has 0 atom stereocenters. The molecule has 0 aliphatic heterocycles. The summed E-state index contributed by atoms with van der Waals surface area (Å²) in [6.45, 7) is 2.41. The second-order valence-electron chi connectivity index (χ2n) is 7.65. The van der Waals surface area contributed by atoms with Crippen LogP contribution < -0.4 is 4.72 Å². The van der Waals surface area contributed by atoms with E-state index in [-0.39, 0.29) is 10.5 Å². The molecule has 0 aliphatic rings. The zero-order valence-corrected chi connectivity index (χ0v) is 19.7. The second-order valence-corrected chi connectivity index (χ2v) is 9.95. The summed E-state index contributed by atoms with van der Waals surface area (Å²) in [6.07, 6.45) is 0. The fourth-order valence-electron chi connectivity index (χ4n) is 3.74. The average molecular weight is 490 g/mol. The first kappa shape index (κ1) is 21.9. The number of para-hydroxylation sites is 1. The number of carbonyl (C=O) groups is 1. The number of nitrogens with zero attached hydrogens (tertiary/aromatic N) is 4. The molecule has 0 bridgehead atoms. The average Bonchev–Trinajstić information content (AvgIpc) is 3.48. The van der Waals surface area contributed by atoms with Crippen LogP contribution in [0.4, 0.5) is 0 Å². The highest BCUT2D eigenvalue weighted by atomic mass is 32.2. The molecule has 0 saturated heterocycles. The van der Waals surface area contributed by atoms with Gasteiger partial charge in [-0.05, 0) is 48.3 Å². The van der Waals surface area contributed by atoms with Gasteiger partial charge in [0.05, 0.1) is 16.0 Å². The Morgan fingerprint density at radius 3 is 2.47 bits per heavy atom. The van der Waals surface area contributed by atoms with Gasteiger partial charge in [-0.15, -0.1) is 5.10 Å². The molecule has 0 radical (unpaired) electrons. The van der Waals surface area contributed by atoms with Crippen LogP contribution in [0.15, 0.2) is 83.1 Å². The van der Waals surface area contributed by atoms with Crippen molar-refractivity contribution >= 4 is 38.5 Å². The van der Waals surface area contributed by atoms with Crippen LogP contribution in [0.3, 0.4) is 0 Å². The van der Waals surface area contributed by atoms with Gasteiger partial charge in [0.1, 0.15) is 17.0 Å². The predicted octanol–water partition coefficient (Wildman–Crippen LogP) is 4.03. The van der Waals surface area contributed by atoms with E-state index in [0.717, 1.165) is 22.3 Å². The molecule has 10 heteroatoms. The third-order valence-corrected chi connectivity index (χ3v) is 7.30. The molecule has 2 aromatic heterocycles. The van der Waals surface area contributed by atoms with Crippen molar-refractivity contribution in [3.05, 3.63) is 95.1 Å². The summed E-state index contributed by atoms with van der Waals surface area (Å²) < 4.78 is 33.3. The molecule has 0 unspecified atom stereocenters. The van der Waals surface area contributed by atoms with Gasteiger partial charge in [-0.1, -0.05) is 53.0 Å². The zero-order valence-electron chi connectivity index (χ0n) is 18.0. The van der Waals surface area contributed by atoms with Crippen molar-refractivity contribution in [3.63, 3.8) is 0 Å². The Labute approximate surface area is 200 Å². The molecule has 1 amide bonds. The molecule has 0 fully saturated rings. The lowest BCUT2D eigenvalue weighted by Gasteiger charge is -2.09. The molecule has 5 rings (SSSR count). The molecule has 0 aliphatic carbocycles. The third kappa shape index (κ3) is 4.20. The summed E-state index contributed by atoms with van der Waals surface area (Å²) in [4.78, 5) is 17.5. The molecule has 170 valence electrons. The summed E-state index contributed by atoms with van der Waals surface area (Å²) in [5, 5.41) is 5.99. The van der Waals surface area contributed by atoms with Crippen LogP contribution in [0.25, 0.3) is 22.3 Å². The van der Waals surface area contributed by atoms with E-state index in [1.807, 2.05) is 47.2 Å². The van der Waals surface area contributed by atoms with E-state index >= 15 is 0 Å². The van der Waals surface area contributed by atoms with Gasteiger partial charge in [-0.2, -0.15) is 0 Å². The Bertz CT molecular complexity index is 1580. The molecule has 34 heavy (non-hydrogen) atoms. The number of fused-ring (bicyclic) bond motifs is 1. The molecule has 0 spiro atoms. The maximum Gasteiger partial charge on any atom is 0.267 e. The van der Waals surface area contributed by atoms with E-state index in [1.54, 1.807) is 30.3 Å². The maximum atomic E-state index is 12.9. The highest BCUT2D eigenvalue weighted by molar-refractivity contribution is 7.90. The monoisotopic (exact) mass is 489 g/mol. The van der Waals surface area contributed by atoms with Crippen molar-refractivity contribution in [1.29, 1.82) is 0 Å². The smallest absolute Gasteiger partial charge is 0.267 e. The topological polar surface area (TPSA) is 107 Å². The number of aromatic nitrogens is 4. The van der Waals surface area contributed by atoms with Crippen molar-refractivity contribution in [2.75, 3.05) is 0 Å². The number of sulfonamides is 1. The first-order chi connectivity index (χ1) is 16.4. The van der Waals surface area contributed by atoms with Gasteiger partial charge in [0, 0.05) is 17.5 Å². The fourth-order valence-corrected chi connectivity index (χ4v) is 5.19. The van der Waals surface area contributed by atoms with E-state index in [2.05, 4.69) is 19.3 Å². The SMILES string of the molecule is Cc1nc2c(C(=O)NS(=O)(=O)c3ccccc3)cccc2n1Cc1ccc(-c2csnn2)cc1. The van der Waals surface area contributed by atoms with E-state index in [1.165, 1.54) is 23.7 Å². The van der Waals surface area contributed by atoms with Crippen LogP contribution in [0.5, 0.6) is 0 Å². The summed E-state index contributed by atoms with van der Waals surface area (Å²) in [5.74, 6) is -0.00530. The number of amides is 1. The summed E-state index contributed by atoms with van der Waals surface area (Å²) in [6, 6.07) is 21.0. The van der Waals surface area contributed by atoms with Gasteiger partial charge >= 0.3 is 0 Å². The molecular formula is C24H19N5O3S2. The number of benzene rings is 3. The largest absolute Gasteiger partial charge is 0.324 e. The van der Waals surface area contributed by atoms with Crippen LogP contribution >= 0.6 is 11.5 Å². The second kappa shape index (κ2) is 8.81. The van der Waals surface area contributed by atoms with Crippen molar-refractivity contribution in [3.8, 4) is 11.3 Å². The van der Waals surface area contributed by atoms with Gasteiger partial charge in [0.2, 0.25) is 0 Å². The number of hydrogen-bond donors (Lipinski definition) is 1. The van der Waals surface area contributed by atoms with Crippen LogP contribution in [0, 0.1) is 6.92 Å². The fraction of sp³-hybridized carbons (Fsp3) is 0.0833. The summed E-state index contributed by atoms with van der Waals surface area (Å²) >= 11 is 1.31. The molecule has 1 N–H and O–H groups in total. The Morgan fingerprint density at radius 2 is 1.76 bits per heavy atom. The van der Waals surface area contributed by atoms with Crippen LogP contribution in [0.1, 0.15) is 21.7 Å². The lowest BCUT2D eigenvalue weighted by molar-refractivity contribution is 0.0983. The Kier molecular flexibility index (Phi) is 5.68. The Morgan fingerprint density at radius 1 is 1.00 bits per heavy atom. The lowest BCUT2D eigenvalue weighted by atomic mass is 10.1. The van der Waals surface area contributed by atoms with Crippen LogP contribution in [-0.4, -0.2) is 33.5 Å². The Balaban J connectivity index is 1.44. The normalized spacial score (nSPS) is 11.6. The number of nitrogens with one attached hydrogen (secondary N) is 1. The molecule has 0 saturated carbocycles. The standard InChI is InChI=1S/C24H19N5O3S2/c1-16-25-23-20(24(30)27-34(31,32)19-6-3-2-4-7-19)8-5-9-22(23)29(16)14-17-10-12-18(13-11-17)21-15-33-28-26-21/h2-13,15H,14H2,1H3,(H,27,30). The van der Waals surface area contributed by atoms with Gasteiger partial charge in [-0.3, -0.25) is 4.79 Å². The Hall–Kier alpha value is -3.89.